The minimum absolute atomic E-state index is 0.0166. The predicted molar refractivity (Wildman–Crippen MR) is 122 cm³/mol. The third kappa shape index (κ3) is 3.96. The third-order valence-electron chi connectivity index (χ3n) is 7.40. The van der Waals surface area contributed by atoms with Crippen molar-refractivity contribution < 1.29 is 24.2 Å². The first-order chi connectivity index (χ1) is 15.9. The van der Waals surface area contributed by atoms with Crippen LogP contribution in [0.3, 0.4) is 0 Å². The molecule has 2 aromatic carbocycles. The number of carboxylic acid groups (broad SMARTS) is 1. The molecule has 7 heteroatoms. The fraction of sp³-hybridized carbons (Fsp3) is 0.423. The quantitative estimate of drug-likeness (QED) is 0.599. The van der Waals surface area contributed by atoms with Crippen LogP contribution in [0.2, 0.25) is 0 Å². The molecule has 3 unspecified atom stereocenters. The fourth-order valence-corrected chi connectivity index (χ4v) is 5.72. The molecule has 2 aromatic rings. The molecule has 7 nitrogen and oxygen atoms in total. The number of nitrogens with one attached hydrogen (secondary N) is 2. The molecule has 0 aliphatic heterocycles. The molecule has 0 heterocycles. The highest BCUT2D eigenvalue weighted by atomic mass is 16.5. The number of carbonyl (C=O) groups is 3. The molecule has 2 saturated carbocycles. The van der Waals surface area contributed by atoms with Gasteiger partial charge in [0.1, 0.15) is 6.61 Å². The van der Waals surface area contributed by atoms with Gasteiger partial charge in [0.25, 0.3) is 0 Å². The van der Waals surface area contributed by atoms with Crippen LogP contribution in [0.25, 0.3) is 11.1 Å². The Hall–Kier alpha value is -3.35. The second-order valence-corrected chi connectivity index (χ2v) is 9.64. The first-order valence-corrected chi connectivity index (χ1v) is 11.5. The standard InChI is InChI=1S/C26H28N2O5/c1-15(10-23(29)28-17-11-16-12-26(16,13-17)24(30)31)27-25(32)33-14-22-20-8-4-2-6-18(20)19-7-3-5-9-21(19)22/h2-9,15-17,22H,10-14H2,1H3,(H,27,32)(H,28,29)(H,30,31)/t15-,16?,17?,26?/m0/s1. The minimum Gasteiger partial charge on any atom is -0.481 e. The summed E-state index contributed by atoms with van der Waals surface area (Å²) >= 11 is 0. The van der Waals surface area contributed by atoms with Crippen molar-refractivity contribution in [2.24, 2.45) is 11.3 Å². The maximum atomic E-state index is 12.4. The van der Waals surface area contributed by atoms with Gasteiger partial charge in [-0.3, -0.25) is 9.59 Å². The van der Waals surface area contributed by atoms with Gasteiger partial charge in [-0.25, -0.2) is 4.79 Å². The number of hydrogen-bond acceptors (Lipinski definition) is 4. The van der Waals surface area contributed by atoms with Gasteiger partial charge in [-0.05, 0) is 54.4 Å². The molecule has 0 spiro atoms. The highest BCUT2D eigenvalue weighted by Gasteiger charge is 2.65. The van der Waals surface area contributed by atoms with Crippen LogP contribution in [0.4, 0.5) is 4.79 Å². The molecule has 3 aliphatic carbocycles. The summed E-state index contributed by atoms with van der Waals surface area (Å²) < 4.78 is 5.54. The van der Waals surface area contributed by atoms with E-state index in [1.165, 1.54) is 11.1 Å². The Kier molecular flexibility index (Phi) is 5.35. The summed E-state index contributed by atoms with van der Waals surface area (Å²) in [6.45, 7) is 1.98. The maximum absolute atomic E-state index is 12.4. The van der Waals surface area contributed by atoms with E-state index in [1.807, 2.05) is 24.3 Å². The van der Waals surface area contributed by atoms with Crippen LogP contribution < -0.4 is 10.6 Å². The molecule has 33 heavy (non-hydrogen) atoms. The lowest BCUT2D eigenvalue weighted by molar-refractivity contribution is -0.143. The Morgan fingerprint density at radius 1 is 1.06 bits per heavy atom. The molecule has 0 saturated heterocycles. The second-order valence-electron chi connectivity index (χ2n) is 9.64. The number of fused-ring (bicyclic) bond motifs is 4. The Morgan fingerprint density at radius 3 is 2.30 bits per heavy atom. The van der Waals surface area contributed by atoms with Gasteiger partial charge in [0.15, 0.2) is 0 Å². The van der Waals surface area contributed by atoms with Gasteiger partial charge in [0, 0.05) is 24.4 Å². The molecule has 2 fully saturated rings. The summed E-state index contributed by atoms with van der Waals surface area (Å²) in [5, 5.41) is 15.0. The topological polar surface area (TPSA) is 105 Å². The Morgan fingerprint density at radius 2 is 1.70 bits per heavy atom. The Balaban J connectivity index is 1.10. The molecular formula is C26H28N2O5. The van der Waals surface area contributed by atoms with Crippen LogP contribution in [-0.2, 0) is 14.3 Å². The van der Waals surface area contributed by atoms with E-state index < -0.39 is 23.5 Å². The van der Waals surface area contributed by atoms with Crippen molar-refractivity contribution in [3.8, 4) is 11.1 Å². The van der Waals surface area contributed by atoms with Crippen LogP contribution in [0.15, 0.2) is 48.5 Å². The van der Waals surface area contributed by atoms with E-state index in [1.54, 1.807) is 6.92 Å². The largest absolute Gasteiger partial charge is 0.481 e. The monoisotopic (exact) mass is 448 g/mol. The maximum Gasteiger partial charge on any atom is 0.407 e. The van der Waals surface area contributed by atoms with E-state index in [0.29, 0.717) is 19.3 Å². The van der Waals surface area contributed by atoms with Crippen molar-refractivity contribution in [3.05, 3.63) is 59.7 Å². The summed E-state index contributed by atoms with van der Waals surface area (Å²) in [7, 11) is 0. The van der Waals surface area contributed by atoms with Crippen molar-refractivity contribution in [2.45, 2.75) is 50.6 Å². The number of benzene rings is 2. The highest BCUT2D eigenvalue weighted by Crippen LogP contribution is 2.63. The summed E-state index contributed by atoms with van der Waals surface area (Å²) in [5.74, 6) is -0.781. The summed E-state index contributed by atoms with van der Waals surface area (Å²) in [5.41, 5.74) is 4.01. The van der Waals surface area contributed by atoms with Crippen LogP contribution >= 0.6 is 0 Å². The average molecular weight is 449 g/mol. The number of carboxylic acids is 1. The van der Waals surface area contributed by atoms with E-state index in [-0.39, 0.29) is 36.8 Å². The van der Waals surface area contributed by atoms with Gasteiger partial charge >= 0.3 is 12.1 Å². The van der Waals surface area contributed by atoms with Crippen molar-refractivity contribution in [2.75, 3.05) is 6.61 Å². The summed E-state index contributed by atoms with van der Waals surface area (Å²) in [6.07, 6.45) is 1.49. The Labute approximate surface area is 192 Å². The number of hydrogen-bond donors (Lipinski definition) is 3. The van der Waals surface area contributed by atoms with E-state index in [4.69, 9.17) is 4.74 Å². The van der Waals surface area contributed by atoms with Gasteiger partial charge in [0.2, 0.25) is 5.91 Å². The van der Waals surface area contributed by atoms with Crippen molar-refractivity contribution in [1.29, 1.82) is 0 Å². The number of carbonyl (C=O) groups excluding carboxylic acids is 2. The van der Waals surface area contributed by atoms with Gasteiger partial charge < -0.3 is 20.5 Å². The number of ether oxygens (including phenoxy) is 1. The minimum atomic E-state index is -0.755. The van der Waals surface area contributed by atoms with Crippen LogP contribution in [0, 0.1) is 11.3 Å². The van der Waals surface area contributed by atoms with Crippen LogP contribution in [0.1, 0.15) is 49.7 Å². The zero-order valence-electron chi connectivity index (χ0n) is 18.5. The molecule has 3 aliphatic rings. The second kappa shape index (κ2) is 8.21. The summed E-state index contributed by atoms with van der Waals surface area (Å²) in [6, 6.07) is 15.8. The predicted octanol–water partition coefficient (Wildman–Crippen LogP) is 3.67. The fourth-order valence-electron chi connectivity index (χ4n) is 5.72. The first kappa shape index (κ1) is 21.5. The van der Waals surface area contributed by atoms with E-state index >= 15 is 0 Å². The molecular weight excluding hydrogens is 420 g/mol. The number of alkyl carbamates (subject to hydrolysis) is 1. The van der Waals surface area contributed by atoms with Crippen molar-refractivity contribution in [3.63, 3.8) is 0 Å². The summed E-state index contributed by atoms with van der Waals surface area (Å²) in [4.78, 5) is 36.2. The molecule has 5 rings (SSSR count). The van der Waals surface area contributed by atoms with Crippen molar-refractivity contribution in [1.82, 2.24) is 10.6 Å². The zero-order chi connectivity index (χ0) is 23.2. The third-order valence-corrected chi connectivity index (χ3v) is 7.40. The lowest BCUT2D eigenvalue weighted by Gasteiger charge is -2.19. The van der Waals surface area contributed by atoms with Gasteiger partial charge in [-0.1, -0.05) is 48.5 Å². The normalized spacial score (nSPS) is 25.4. The van der Waals surface area contributed by atoms with Gasteiger partial charge in [-0.15, -0.1) is 0 Å². The molecule has 0 aromatic heterocycles. The molecule has 3 N–H and O–H groups in total. The van der Waals surface area contributed by atoms with E-state index in [2.05, 4.69) is 34.9 Å². The smallest absolute Gasteiger partial charge is 0.407 e. The number of aliphatic carboxylic acids is 1. The molecule has 0 radical (unpaired) electrons. The van der Waals surface area contributed by atoms with E-state index in [0.717, 1.165) is 11.1 Å². The van der Waals surface area contributed by atoms with Crippen LogP contribution in [0.5, 0.6) is 0 Å². The molecule has 4 atom stereocenters. The zero-order valence-corrected chi connectivity index (χ0v) is 18.5. The van der Waals surface area contributed by atoms with Crippen LogP contribution in [-0.4, -0.2) is 41.8 Å². The SMILES string of the molecule is C[C@@H](CC(=O)NC1CC2CC2(C(=O)O)C1)NC(=O)OCC1c2ccccc2-c2ccccc21. The van der Waals surface area contributed by atoms with Gasteiger partial charge in [0.05, 0.1) is 5.41 Å². The average Bonchev–Trinajstić information content (AvgIpc) is 3.21. The lowest BCUT2D eigenvalue weighted by Crippen LogP contribution is -2.41. The molecule has 172 valence electrons. The van der Waals surface area contributed by atoms with Crippen molar-refractivity contribution >= 4 is 18.0 Å². The number of amides is 2. The Bertz CT molecular complexity index is 1070. The van der Waals surface area contributed by atoms with E-state index in [9.17, 15) is 19.5 Å². The van der Waals surface area contributed by atoms with Gasteiger partial charge in [-0.2, -0.15) is 0 Å². The molecule has 0 bridgehead atoms. The first-order valence-electron chi connectivity index (χ1n) is 11.5. The molecule has 2 amide bonds. The highest BCUT2D eigenvalue weighted by molar-refractivity contribution is 5.81. The number of rotatable bonds is 7. The lowest BCUT2D eigenvalue weighted by atomic mass is 9.98.